The van der Waals surface area contributed by atoms with Crippen LogP contribution in [0.25, 0.3) is 0 Å². The van der Waals surface area contributed by atoms with Crippen LogP contribution in [0.3, 0.4) is 0 Å². The number of carbonyl (C=O) groups excluding carboxylic acids is 1. The van der Waals surface area contributed by atoms with Crippen LogP contribution in [0, 0.1) is 10.1 Å². The van der Waals surface area contributed by atoms with Gasteiger partial charge < -0.3 is 9.90 Å². The molecule has 0 aliphatic carbocycles. The van der Waals surface area contributed by atoms with E-state index in [9.17, 15) is 20.0 Å². The van der Waals surface area contributed by atoms with Crippen molar-refractivity contribution < 1.29 is 44.4 Å². The van der Waals surface area contributed by atoms with E-state index in [0.29, 0.717) is 0 Å². The molecule has 0 heterocycles. The zero-order chi connectivity index (χ0) is 9.14. The van der Waals surface area contributed by atoms with E-state index in [1.165, 1.54) is 0 Å². The van der Waals surface area contributed by atoms with Gasteiger partial charge in [-0.05, 0) is 17.7 Å². The van der Waals surface area contributed by atoms with Crippen molar-refractivity contribution in [2.24, 2.45) is 0 Å². The van der Waals surface area contributed by atoms with Crippen LogP contribution in [-0.4, -0.2) is 10.9 Å². The molecule has 0 saturated carbocycles. The summed E-state index contributed by atoms with van der Waals surface area (Å²) in [6.45, 7) is 0. The number of hydrogen-bond donors (Lipinski definition) is 0. The van der Waals surface area contributed by atoms with Crippen LogP contribution >= 0.6 is 0 Å². The van der Waals surface area contributed by atoms with Crippen molar-refractivity contribution in [2.75, 3.05) is 0 Å². The van der Waals surface area contributed by atoms with E-state index >= 15 is 0 Å². The van der Waals surface area contributed by atoms with Crippen molar-refractivity contribution in [3.63, 3.8) is 0 Å². The predicted molar refractivity (Wildman–Crippen MR) is 37.4 cm³/mol. The Morgan fingerprint density at radius 3 is 2.00 bits per heavy atom. The Morgan fingerprint density at radius 1 is 1.23 bits per heavy atom. The summed E-state index contributed by atoms with van der Waals surface area (Å²) in [6.07, 6.45) is 0. The summed E-state index contributed by atoms with van der Waals surface area (Å²) in [5.41, 5.74) is -0.208. The first-order valence-electron chi connectivity index (χ1n) is 3.07. The zero-order valence-electron chi connectivity index (χ0n) is 6.89. The average Bonchev–Trinajstić information content (AvgIpc) is 2.04. The average molecular weight is 189 g/mol. The number of benzene rings is 1. The first kappa shape index (κ1) is 12.1. The summed E-state index contributed by atoms with van der Waals surface area (Å²) in [5.74, 6) is -1.34. The number of hydrogen-bond acceptors (Lipinski definition) is 4. The summed E-state index contributed by atoms with van der Waals surface area (Å²) in [6, 6.07) is 4.50. The number of carboxylic acids is 1. The predicted octanol–water partition coefficient (Wildman–Crippen LogP) is -3.04. The topological polar surface area (TPSA) is 83.3 Å². The van der Waals surface area contributed by atoms with E-state index in [1.807, 2.05) is 0 Å². The van der Waals surface area contributed by atoms with Gasteiger partial charge in [0.05, 0.1) is 10.9 Å². The van der Waals surface area contributed by atoms with E-state index < -0.39 is 10.9 Å². The number of nitro groups is 1. The number of non-ortho nitro benzene ring substituents is 1. The van der Waals surface area contributed by atoms with Crippen LogP contribution in [-0.2, 0) is 0 Å². The Hall–Kier alpha value is -0.910. The van der Waals surface area contributed by atoms with Gasteiger partial charge in [-0.15, -0.1) is 0 Å². The maximum atomic E-state index is 10.2. The molecule has 6 heteroatoms. The maximum Gasteiger partial charge on any atom is 1.00 e. The fraction of sp³-hybridized carbons (Fsp3) is 0. The molecule has 0 unspecified atom stereocenters. The molecule has 1 rings (SSSR count). The van der Waals surface area contributed by atoms with Gasteiger partial charge in [0.25, 0.3) is 5.69 Å². The monoisotopic (exact) mass is 189 g/mol. The van der Waals surface area contributed by atoms with Crippen molar-refractivity contribution in [1.82, 2.24) is 0 Å². The zero-order valence-corrected chi connectivity index (χ0v) is 8.89. The third-order valence-corrected chi connectivity index (χ3v) is 1.31. The van der Waals surface area contributed by atoms with Gasteiger partial charge in [0.15, 0.2) is 0 Å². The number of nitro benzene ring substituents is 1. The molecule has 0 aromatic heterocycles. The van der Waals surface area contributed by atoms with Crippen LogP contribution in [0.5, 0.6) is 0 Å². The van der Waals surface area contributed by atoms with Crippen LogP contribution in [0.2, 0.25) is 0 Å². The minimum absolute atomic E-state index is 0. The minimum atomic E-state index is -1.34. The standard InChI is InChI=1S/C7H5NO4.Na/c9-7(10)5-1-3-6(4-2-5)8(11)12;/h1-4H,(H,9,10);/q;+1/p-1. The molecule has 0 bridgehead atoms. The number of carboxylic acid groups (broad SMARTS) is 1. The number of rotatable bonds is 2. The van der Waals surface area contributed by atoms with Crippen molar-refractivity contribution in [3.05, 3.63) is 39.9 Å². The molecule has 0 aliphatic heterocycles. The van der Waals surface area contributed by atoms with Crippen LogP contribution in [0.1, 0.15) is 10.4 Å². The van der Waals surface area contributed by atoms with E-state index in [0.717, 1.165) is 24.3 Å². The molecule has 0 saturated heterocycles. The fourth-order valence-corrected chi connectivity index (χ4v) is 0.719. The summed E-state index contributed by atoms with van der Waals surface area (Å²) in [4.78, 5) is 19.7. The van der Waals surface area contributed by atoms with E-state index in [-0.39, 0.29) is 40.8 Å². The molecular weight excluding hydrogens is 185 g/mol. The van der Waals surface area contributed by atoms with Crippen molar-refractivity contribution in [3.8, 4) is 0 Å². The van der Waals surface area contributed by atoms with Crippen molar-refractivity contribution in [2.45, 2.75) is 0 Å². The quantitative estimate of drug-likeness (QED) is 0.281. The van der Waals surface area contributed by atoms with Gasteiger partial charge in [-0.2, -0.15) is 0 Å². The van der Waals surface area contributed by atoms with Crippen molar-refractivity contribution in [1.29, 1.82) is 0 Å². The van der Waals surface area contributed by atoms with Crippen LogP contribution in [0.15, 0.2) is 24.3 Å². The Bertz CT molecular complexity index is 289. The van der Waals surface area contributed by atoms with Crippen molar-refractivity contribution >= 4 is 11.7 Å². The van der Waals surface area contributed by atoms with Gasteiger partial charge in [-0.1, -0.05) is 0 Å². The molecule has 0 amide bonds. The second-order valence-corrected chi connectivity index (χ2v) is 2.09. The first-order valence-corrected chi connectivity index (χ1v) is 3.07. The number of aromatic carboxylic acids is 1. The molecule has 0 atom stereocenters. The number of nitrogens with zero attached hydrogens (tertiary/aromatic N) is 1. The summed E-state index contributed by atoms with van der Waals surface area (Å²) >= 11 is 0. The molecule has 0 radical (unpaired) electrons. The van der Waals surface area contributed by atoms with Gasteiger partial charge in [-0.25, -0.2) is 0 Å². The Morgan fingerprint density at radius 2 is 1.69 bits per heavy atom. The third-order valence-electron chi connectivity index (χ3n) is 1.31. The summed E-state index contributed by atoms with van der Waals surface area (Å²) in [5, 5.41) is 20.3. The molecule has 1 aromatic rings. The summed E-state index contributed by atoms with van der Waals surface area (Å²) in [7, 11) is 0. The fourth-order valence-electron chi connectivity index (χ4n) is 0.719. The third kappa shape index (κ3) is 3.14. The SMILES string of the molecule is O=C([O-])c1ccc([N+](=O)[O-])cc1.[Na+]. The van der Waals surface area contributed by atoms with Crippen LogP contribution < -0.4 is 34.7 Å². The molecule has 13 heavy (non-hydrogen) atoms. The molecule has 0 spiro atoms. The van der Waals surface area contributed by atoms with E-state index in [4.69, 9.17) is 0 Å². The smallest absolute Gasteiger partial charge is 0.545 e. The maximum absolute atomic E-state index is 10.2. The minimum Gasteiger partial charge on any atom is -0.545 e. The van der Waals surface area contributed by atoms with Gasteiger partial charge in [-0.3, -0.25) is 10.1 Å². The molecular formula is C7H4NNaO4. The second kappa shape index (κ2) is 4.96. The van der Waals surface area contributed by atoms with Crippen LogP contribution in [0.4, 0.5) is 5.69 Å². The Kier molecular flexibility index (Phi) is 4.61. The molecule has 0 aliphatic rings. The molecule has 5 nitrogen and oxygen atoms in total. The summed E-state index contributed by atoms with van der Waals surface area (Å²) < 4.78 is 0. The second-order valence-electron chi connectivity index (χ2n) is 2.09. The molecule has 0 fully saturated rings. The van der Waals surface area contributed by atoms with E-state index in [2.05, 4.69) is 0 Å². The largest absolute Gasteiger partial charge is 1.00 e. The van der Waals surface area contributed by atoms with Gasteiger partial charge >= 0.3 is 29.6 Å². The molecule has 0 N–H and O–H groups in total. The Labute approximate surface area is 95.8 Å². The number of carbonyl (C=O) groups is 1. The normalized spacial score (nSPS) is 8.62. The molecule has 62 valence electrons. The van der Waals surface area contributed by atoms with E-state index in [1.54, 1.807) is 0 Å². The molecule has 1 aromatic carbocycles. The van der Waals surface area contributed by atoms with Gasteiger partial charge in [0, 0.05) is 12.1 Å². The van der Waals surface area contributed by atoms with Gasteiger partial charge in [0.2, 0.25) is 0 Å². The van der Waals surface area contributed by atoms with Gasteiger partial charge in [0.1, 0.15) is 0 Å². The Balaban J connectivity index is 0.00000144. The first-order chi connectivity index (χ1) is 5.61.